The minimum atomic E-state index is -0.706. The van der Waals surface area contributed by atoms with Crippen LogP contribution in [0.25, 0.3) is 10.7 Å². The van der Waals surface area contributed by atoms with Crippen LogP contribution in [0.3, 0.4) is 0 Å². The van der Waals surface area contributed by atoms with E-state index < -0.39 is 24.5 Å². The van der Waals surface area contributed by atoms with Gasteiger partial charge in [0.15, 0.2) is 6.61 Å². The van der Waals surface area contributed by atoms with Gasteiger partial charge in [0, 0.05) is 12.7 Å². The van der Waals surface area contributed by atoms with E-state index >= 15 is 0 Å². The molecule has 9 heteroatoms. The molecule has 0 unspecified atom stereocenters. The van der Waals surface area contributed by atoms with Gasteiger partial charge in [-0.1, -0.05) is 6.07 Å². The molecule has 0 aliphatic heterocycles. The first-order valence-electron chi connectivity index (χ1n) is 8.05. The summed E-state index contributed by atoms with van der Waals surface area (Å²) in [5.74, 6) is -1.49. The quantitative estimate of drug-likeness (QED) is 0.705. The monoisotopic (exact) mass is 376 g/mol. The zero-order valence-corrected chi connectivity index (χ0v) is 15.6. The lowest BCUT2D eigenvalue weighted by atomic mass is 10.3. The first kappa shape index (κ1) is 19.5. The second kappa shape index (κ2) is 9.04. The number of aryl methyl sites for hydroxylation is 1. The summed E-state index contributed by atoms with van der Waals surface area (Å²) in [5, 5.41) is 5.66. The third-order valence-electron chi connectivity index (χ3n) is 3.32. The number of esters is 1. The molecule has 0 spiro atoms. The molecule has 2 amide bonds. The van der Waals surface area contributed by atoms with Crippen LogP contribution in [0.1, 0.15) is 29.2 Å². The van der Waals surface area contributed by atoms with Crippen LogP contribution < -0.4 is 10.6 Å². The lowest BCUT2D eigenvalue weighted by Gasteiger charge is -2.13. The van der Waals surface area contributed by atoms with Crippen molar-refractivity contribution >= 4 is 29.1 Å². The molecule has 0 radical (unpaired) electrons. The summed E-state index contributed by atoms with van der Waals surface area (Å²) >= 11 is 1.15. The van der Waals surface area contributed by atoms with Crippen molar-refractivity contribution in [3.63, 3.8) is 0 Å². The lowest BCUT2D eigenvalue weighted by molar-refractivity contribution is -0.130. The molecule has 1 atom stereocenters. The van der Waals surface area contributed by atoms with Crippen molar-refractivity contribution < 1.29 is 19.1 Å². The molecule has 0 aromatic carbocycles. The molecule has 2 heterocycles. The molecule has 0 fully saturated rings. The Bertz CT molecular complexity index is 791. The normalized spacial score (nSPS) is 11.5. The van der Waals surface area contributed by atoms with Gasteiger partial charge < -0.3 is 15.4 Å². The smallest absolute Gasteiger partial charge is 0.350 e. The van der Waals surface area contributed by atoms with Crippen molar-refractivity contribution in [2.24, 2.45) is 0 Å². The first-order chi connectivity index (χ1) is 12.4. The van der Waals surface area contributed by atoms with Gasteiger partial charge in [0.2, 0.25) is 5.91 Å². The maximum atomic E-state index is 12.2. The van der Waals surface area contributed by atoms with Crippen LogP contribution in [0.2, 0.25) is 0 Å². The van der Waals surface area contributed by atoms with Crippen molar-refractivity contribution in [3.05, 3.63) is 35.0 Å². The van der Waals surface area contributed by atoms with E-state index in [1.165, 1.54) is 0 Å². The number of nitrogens with one attached hydrogen (secondary N) is 2. The number of thiazole rings is 1. The Hall–Kier alpha value is -2.81. The Morgan fingerprint density at radius 2 is 2.08 bits per heavy atom. The minimum Gasteiger partial charge on any atom is -0.451 e. The van der Waals surface area contributed by atoms with Gasteiger partial charge >= 0.3 is 5.97 Å². The second-order valence-corrected chi connectivity index (χ2v) is 6.41. The van der Waals surface area contributed by atoms with E-state index in [4.69, 9.17) is 4.74 Å². The highest BCUT2D eigenvalue weighted by Crippen LogP contribution is 2.26. The highest BCUT2D eigenvalue weighted by atomic mass is 32.1. The summed E-state index contributed by atoms with van der Waals surface area (Å²) in [6.07, 6.45) is 1.64. The summed E-state index contributed by atoms with van der Waals surface area (Å²) in [5.41, 5.74) is 1.17. The minimum absolute atomic E-state index is 0.300. The molecule has 2 aromatic heterocycles. The predicted octanol–water partition coefficient (Wildman–Crippen LogP) is 1.31. The molecule has 138 valence electrons. The number of carbonyl (C=O) groups excluding carboxylic acids is 3. The molecule has 0 bridgehead atoms. The maximum Gasteiger partial charge on any atom is 0.350 e. The Morgan fingerprint density at radius 1 is 1.31 bits per heavy atom. The molecule has 0 aliphatic rings. The number of rotatable bonds is 7. The number of hydrogen-bond acceptors (Lipinski definition) is 7. The van der Waals surface area contributed by atoms with Crippen LogP contribution >= 0.6 is 11.3 Å². The summed E-state index contributed by atoms with van der Waals surface area (Å²) in [6.45, 7) is 5.02. The second-order valence-electron chi connectivity index (χ2n) is 5.41. The van der Waals surface area contributed by atoms with E-state index in [0.717, 1.165) is 11.3 Å². The molecule has 0 aliphatic carbocycles. The van der Waals surface area contributed by atoms with Crippen molar-refractivity contribution in [1.29, 1.82) is 0 Å². The van der Waals surface area contributed by atoms with E-state index in [0.29, 0.717) is 27.8 Å². The molecule has 2 rings (SSSR count). The number of aromatic nitrogens is 2. The molecule has 8 nitrogen and oxygen atoms in total. The van der Waals surface area contributed by atoms with Gasteiger partial charge in [0.25, 0.3) is 5.91 Å². The fourth-order valence-corrected chi connectivity index (χ4v) is 2.99. The summed E-state index contributed by atoms with van der Waals surface area (Å²) < 4.78 is 5.03. The number of nitrogens with zero attached hydrogens (tertiary/aromatic N) is 2. The largest absolute Gasteiger partial charge is 0.451 e. The van der Waals surface area contributed by atoms with Gasteiger partial charge in [-0.25, -0.2) is 9.78 Å². The Labute approximate surface area is 155 Å². The standard InChI is InChI=1S/C17H20N4O4S/c1-4-18-15(23)11(3)20-13(22)9-25-17(24)14-10(2)21-16(26-14)12-7-5-6-8-19-12/h5-8,11H,4,9H2,1-3H3,(H,18,23)(H,20,22)/t11-/m0/s1. The number of hydrogen-bond donors (Lipinski definition) is 2. The summed E-state index contributed by atoms with van der Waals surface area (Å²) in [7, 11) is 0. The van der Waals surface area contributed by atoms with E-state index in [2.05, 4.69) is 20.6 Å². The van der Waals surface area contributed by atoms with Gasteiger partial charge in [-0.05, 0) is 32.9 Å². The van der Waals surface area contributed by atoms with Crippen LogP contribution in [-0.4, -0.2) is 46.9 Å². The number of carbonyl (C=O) groups is 3. The zero-order chi connectivity index (χ0) is 19.1. The van der Waals surface area contributed by atoms with Crippen LogP contribution in [0, 0.1) is 6.92 Å². The SMILES string of the molecule is CCNC(=O)[C@H](C)NC(=O)COC(=O)c1sc(-c2ccccn2)nc1C. The van der Waals surface area contributed by atoms with Crippen molar-refractivity contribution in [1.82, 2.24) is 20.6 Å². The van der Waals surface area contributed by atoms with Crippen molar-refractivity contribution in [2.75, 3.05) is 13.2 Å². The van der Waals surface area contributed by atoms with Crippen LogP contribution in [-0.2, 0) is 14.3 Å². The van der Waals surface area contributed by atoms with E-state index in [1.807, 2.05) is 6.07 Å². The van der Waals surface area contributed by atoms with E-state index in [1.54, 1.807) is 39.1 Å². The van der Waals surface area contributed by atoms with Crippen LogP contribution in [0.15, 0.2) is 24.4 Å². The molecule has 0 saturated heterocycles. The lowest BCUT2D eigenvalue weighted by Crippen LogP contribution is -2.46. The van der Waals surface area contributed by atoms with E-state index in [-0.39, 0.29) is 5.91 Å². The molecule has 0 saturated carbocycles. The summed E-state index contributed by atoms with van der Waals surface area (Å²) in [6, 6.07) is 4.71. The van der Waals surface area contributed by atoms with Gasteiger partial charge in [-0.15, -0.1) is 11.3 Å². The fourth-order valence-electron chi connectivity index (χ4n) is 2.06. The van der Waals surface area contributed by atoms with Gasteiger partial charge in [0.1, 0.15) is 15.9 Å². The van der Waals surface area contributed by atoms with Gasteiger partial charge in [-0.3, -0.25) is 14.6 Å². The van der Waals surface area contributed by atoms with Crippen LogP contribution in [0.5, 0.6) is 0 Å². The molecule has 2 aromatic rings. The molecular formula is C17H20N4O4S. The Balaban J connectivity index is 1.93. The number of amides is 2. The summed E-state index contributed by atoms with van der Waals surface area (Å²) in [4.78, 5) is 44.4. The van der Waals surface area contributed by atoms with Crippen molar-refractivity contribution in [2.45, 2.75) is 26.8 Å². The highest BCUT2D eigenvalue weighted by molar-refractivity contribution is 7.17. The van der Waals surface area contributed by atoms with Gasteiger partial charge in [-0.2, -0.15) is 0 Å². The average molecular weight is 376 g/mol. The highest BCUT2D eigenvalue weighted by Gasteiger charge is 2.20. The van der Waals surface area contributed by atoms with Crippen molar-refractivity contribution in [3.8, 4) is 10.7 Å². The topological polar surface area (TPSA) is 110 Å². The number of pyridine rings is 1. The van der Waals surface area contributed by atoms with Crippen LogP contribution in [0.4, 0.5) is 0 Å². The molecular weight excluding hydrogens is 356 g/mol. The Kier molecular flexibility index (Phi) is 6.79. The third-order valence-corrected chi connectivity index (χ3v) is 4.48. The molecule has 26 heavy (non-hydrogen) atoms. The molecule has 2 N–H and O–H groups in total. The van der Waals surface area contributed by atoms with Gasteiger partial charge in [0.05, 0.1) is 11.4 Å². The van der Waals surface area contributed by atoms with E-state index in [9.17, 15) is 14.4 Å². The number of ether oxygens (including phenoxy) is 1. The maximum absolute atomic E-state index is 12.2. The Morgan fingerprint density at radius 3 is 2.73 bits per heavy atom. The fraction of sp³-hybridized carbons (Fsp3) is 0.353. The first-order valence-corrected chi connectivity index (χ1v) is 8.87. The third kappa shape index (κ3) is 5.09. The zero-order valence-electron chi connectivity index (χ0n) is 14.7. The predicted molar refractivity (Wildman–Crippen MR) is 96.7 cm³/mol. The average Bonchev–Trinajstić information content (AvgIpc) is 3.02. The number of likely N-dealkylation sites (N-methyl/N-ethyl adjacent to an activating group) is 1.